The zero-order valence-corrected chi connectivity index (χ0v) is 43.1. The molecule has 0 saturated carbocycles. The van der Waals surface area contributed by atoms with Crippen LogP contribution in [-0.2, 0) is 10.8 Å². The van der Waals surface area contributed by atoms with Crippen molar-refractivity contribution in [1.82, 2.24) is 4.57 Å². The van der Waals surface area contributed by atoms with Crippen LogP contribution < -0.4 is 4.90 Å². The molecule has 0 radical (unpaired) electrons. The Morgan fingerprint density at radius 2 is 0.797 bits per heavy atom. The van der Waals surface area contributed by atoms with Gasteiger partial charge in [-0.3, -0.25) is 0 Å². The van der Waals surface area contributed by atoms with E-state index in [1.807, 2.05) is 0 Å². The van der Waals surface area contributed by atoms with Crippen molar-refractivity contribution in [2.24, 2.45) is 0 Å². The summed E-state index contributed by atoms with van der Waals surface area (Å²) in [5.41, 5.74) is 21.3. The van der Waals surface area contributed by atoms with Crippen LogP contribution in [0.2, 0.25) is 0 Å². The van der Waals surface area contributed by atoms with Gasteiger partial charge in [0.15, 0.2) is 0 Å². The van der Waals surface area contributed by atoms with E-state index in [9.17, 15) is 0 Å². The van der Waals surface area contributed by atoms with Gasteiger partial charge >= 0.3 is 0 Å². The van der Waals surface area contributed by atoms with Gasteiger partial charge in [0.1, 0.15) is 0 Å². The van der Waals surface area contributed by atoms with Crippen LogP contribution in [0, 0.1) is 0 Å². The fourth-order valence-electron chi connectivity index (χ4n) is 11.0. The summed E-state index contributed by atoms with van der Waals surface area (Å²) >= 11 is 0. The molecule has 0 bridgehead atoms. The van der Waals surface area contributed by atoms with Gasteiger partial charge in [-0.2, -0.15) is 0 Å². The number of nitrogens with zero attached hydrogens (tertiary/aromatic N) is 2. The van der Waals surface area contributed by atoms with Crippen molar-refractivity contribution >= 4 is 49.6 Å². The largest absolute Gasteiger partial charge is 0.309 e. The molecule has 1 aromatic heterocycles. The minimum Gasteiger partial charge on any atom is -0.309 e. The summed E-state index contributed by atoms with van der Waals surface area (Å²) in [6.07, 6.45) is 0. The third kappa shape index (κ3) is 8.47. The van der Waals surface area contributed by atoms with Crippen LogP contribution in [0.3, 0.4) is 0 Å². The lowest BCUT2D eigenvalue weighted by Crippen LogP contribution is -2.16. The minimum atomic E-state index is -0.0197. The van der Waals surface area contributed by atoms with Gasteiger partial charge in [0.2, 0.25) is 0 Å². The van der Waals surface area contributed by atoms with Crippen molar-refractivity contribution < 1.29 is 0 Å². The Labute approximate surface area is 436 Å². The normalized spacial score (nSPS) is 11.9. The van der Waals surface area contributed by atoms with E-state index in [-0.39, 0.29) is 10.8 Å². The molecule has 0 atom stereocenters. The number of benzene rings is 11. The van der Waals surface area contributed by atoms with Crippen molar-refractivity contribution in [3.63, 3.8) is 0 Å². The molecule has 0 aliphatic carbocycles. The van der Waals surface area contributed by atoms with E-state index in [0.717, 1.165) is 45.0 Å². The smallest absolute Gasteiger partial charge is 0.0619 e. The lowest BCUT2D eigenvalue weighted by atomic mass is 9.78. The first-order valence-corrected chi connectivity index (χ1v) is 26.0. The standard InChI is InChI=1S/C72H60N2/c1-71(2,3)55-46-54(47-56(48-55)72(4,5)6)60-31-19-24-53-25-20-33-64(69(53)60)62-29-14-17-36-67(62)73(66-35-16-13-28-59(66)51-40-38-50(39-41-51)49-22-9-7-10-23-49)58-44-42-52(43-45-58)61-32-21-34-65-63-30-15-18-37-68(63)74(70(61)65)57-26-11-8-12-27-57/h7-48H,1-6H3. The average Bonchev–Trinajstić information content (AvgIpc) is 3.79. The van der Waals surface area contributed by atoms with Crippen LogP contribution in [0.1, 0.15) is 52.7 Å². The van der Waals surface area contributed by atoms with Gasteiger partial charge in [-0.05, 0) is 114 Å². The first-order chi connectivity index (χ1) is 36.0. The minimum absolute atomic E-state index is 0.0197. The van der Waals surface area contributed by atoms with Gasteiger partial charge in [0.05, 0.1) is 22.4 Å². The molecule has 358 valence electrons. The van der Waals surface area contributed by atoms with E-state index in [1.165, 1.54) is 77.1 Å². The molecule has 0 saturated heterocycles. The molecule has 74 heavy (non-hydrogen) atoms. The van der Waals surface area contributed by atoms with Gasteiger partial charge in [-0.15, -0.1) is 0 Å². The van der Waals surface area contributed by atoms with Crippen LogP contribution in [0.4, 0.5) is 17.1 Å². The molecule has 12 aromatic rings. The summed E-state index contributed by atoms with van der Waals surface area (Å²) in [5, 5.41) is 4.94. The van der Waals surface area contributed by atoms with E-state index in [2.05, 4.69) is 306 Å². The number of hydrogen-bond donors (Lipinski definition) is 0. The Bertz CT molecular complexity index is 3960. The summed E-state index contributed by atoms with van der Waals surface area (Å²) in [5.74, 6) is 0. The first-order valence-electron chi connectivity index (χ1n) is 26.0. The molecular formula is C72H60N2. The summed E-state index contributed by atoms with van der Waals surface area (Å²) < 4.78 is 2.43. The molecule has 2 nitrogen and oxygen atoms in total. The Morgan fingerprint density at radius 3 is 1.47 bits per heavy atom. The highest BCUT2D eigenvalue weighted by atomic mass is 15.1. The summed E-state index contributed by atoms with van der Waals surface area (Å²) in [7, 11) is 0. The molecule has 0 amide bonds. The lowest BCUT2D eigenvalue weighted by Gasteiger charge is -2.30. The molecular weight excluding hydrogens is 893 g/mol. The zero-order valence-electron chi connectivity index (χ0n) is 43.1. The summed E-state index contributed by atoms with van der Waals surface area (Å²) in [6.45, 7) is 13.9. The molecule has 2 heteroatoms. The molecule has 0 unspecified atom stereocenters. The van der Waals surface area contributed by atoms with Gasteiger partial charge in [0, 0.05) is 38.8 Å². The predicted octanol–water partition coefficient (Wildman–Crippen LogP) is 20.3. The Morgan fingerprint density at radius 1 is 0.324 bits per heavy atom. The van der Waals surface area contributed by atoms with E-state index in [0.29, 0.717) is 0 Å². The second-order valence-corrected chi connectivity index (χ2v) is 21.8. The van der Waals surface area contributed by atoms with Crippen molar-refractivity contribution in [1.29, 1.82) is 0 Å². The highest BCUT2D eigenvalue weighted by Gasteiger charge is 2.25. The second-order valence-electron chi connectivity index (χ2n) is 21.8. The van der Waals surface area contributed by atoms with Gasteiger partial charge in [0.25, 0.3) is 0 Å². The number of para-hydroxylation sites is 5. The third-order valence-electron chi connectivity index (χ3n) is 14.9. The number of fused-ring (bicyclic) bond motifs is 4. The SMILES string of the molecule is CC(C)(C)c1cc(-c2cccc3cccc(-c4ccccc4N(c4ccc(-c5cccc6c7ccccc7n(-c7ccccc7)c56)cc4)c4ccccc4-c4ccc(-c5ccccc5)cc4)c23)cc(C(C)(C)C)c1. The zero-order chi connectivity index (χ0) is 50.6. The molecule has 11 aromatic carbocycles. The molecule has 12 rings (SSSR count). The lowest BCUT2D eigenvalue weighted by molar-refractivity contribution is 0.569. The molecule has 0 spiro atoms. The van der Waals surface area contributed by atoms with Crippen molar-refractivity contribution in [3.05, 3.63) is 266 Å². The van der Waals surface area contributed by atoms with Crippen LogP contribution in [0.15, 0.2) is 255 Å². The molecule has 0 aliphatic heterocycles. The second kappa shape index (κ2) is 18.7. The first kappa shape index (κ1) is 46.4. The number of rotatable bonds is 9. The van der Waals surface area contributed by atoms with Crippen LogP contribution in [0.5, 0.6) is 0 Å². The Hall–Kier alpha value is -8.72. The fraction of sp³-hybridized carbons (Fsp3) is 0.111. The predicted molar refractivity (Wildman–Crippen MR) is 318 cm³/mol. The van der Waals surface area contributed by atoms with Gasteiger partial charge < -0.3 is 9.47 Å². The van der Waals surface area contributed by atoms with Crippen molar-refractivity contribution in [2.75, 3.05) is 4.90 Å². The van der Waals surface area contributed by atoms with E-state index in [1.54, 1.807) is 0 Å². The maximum absolute atomic E-state index is 2.49. The number of hydrogen-bond acceptors (Lipinski definition) is 1. The average molecular weight is 953 g/mol. The number of anilines is 3. The van der Waals surface area contributed by atoms with E-state index < -0.39 is 0 Å². The molecule has 0 aliphatic rings. The van der Waals surface area contributed by atoms with Crippen molar-refractivity contribution in [2.45, 2.75) is 52.4 Å². The van der Waals surface area contributed by atoms with Crippen LogP contribution in [-0.4, -0.2) is 4.57 Å². The monoisotopic (exact) mass is 952 g/mol. The van der Waals surface area contributed by atoms with E-state index in [4.69, 9.17) is 0 Å². The Kier molecular flexibility index (Phi) is 11.7. The molecule has 0 N–H and O–H groups in total. The summed E-state index contributed by atoms with van der Waals surface area (Å²) in [6, 6.07) is 94.0. The van der Waals surface area contributed by atoms with E-state index >= 15 is 0 Å². The maximum atomic E-state index is 2.49. The van der Waals surface area contributed by atoms with Crippen molar-refractivity contribution in [3.8, 4) is 61.3 Å². The maximum Gasteiger partial charge on any atom is 0.0619 e. The van der Waals surface area contributed by atoms with Crippen LogP contribution in [0.25, 0.3) is 93.9 Å². The number of aromatic nitrogens is 1. The third-order valence-corrected chi connectivity index (χ3v) is 14.9. The highest BCUT2D eigenvalue weighted by Crippen LogP contribution is 2.48. The molecule has 0 fully saturated rings. The topological polar surface area (TPSA) is 8.17 Å². The Balaban J connectivity index is 1.07. The van der Waals surface area contributed by atoms with Gasteiger partial charge in [-0.25, -0.2) is 0 Å². The van der Waals surface area contributed by atoms with Gasteiger partial charge in [-0.1, -0.05) is 254 Å². The summed E-state index contributed by atoms with van der Waals surface area (Å²) in [4.78, 5) is 2.49. The highest BCUT2D eigenvalue weighted by molar-refractivity contribution is 6.14. The molecule has 1 heterocycles. The fourth-order valence-corrected chi connectivity index (χ4v) is 11.0. The quantitative estimate of drug-likeness (QED) is 0.140. The van der Waals surface area contributed by atoms with Crippen LogP contribution >= 0.6 is 0 Å².